The van der Waals surface area contributed by atoms with Gasteiger partial charge in [-0.1, -0.05) is 0 Å². The van der Waals surface area contributed by atoms with Crippen molar-refractivity contribution in [3.63, 3.8) is 0 Å². The predicted molar refractivity (Wildman–Crippen MR) is 81.6 cm³/mol. The highest BCUT2D eigenvalue weighted by molar-refractivity contribution is 9.10. The van der Waals surface area contributed by atoms with E-state index in [0.29, 0.717) is 27.2 Å². The average molecular weight is 354 g/mol. The monoisotopic (exact) mass is 353 g/mol. The number of methoxy groups -OCH3 is 2. The largest absolute Gasteiger partial charge is 0.493 e. The van der Waals surface area contributed by atoms with Crippen molar-refractivity contribution in [2.75, 3.05) is 19.5 Å². The summed E-state index contributed by atoms with van der Waals surface area (Å²) >= 11 is 3.26. The molecule has 0 bridgehead atoms. The smallest absolute Gasteiger partial charge is 0.255 e. The SMILES string of the molecule is COc1ccc(C(=O)Nc2cc(F)ccc2Br)cc1OC. The summed E-state index contributed by atoms with van der Waals surface area (Å²) in [5.41, 5.74) is 0.735. The maximum absolute atomic E-state index is 13.2. The van der Waals surface area contributed by atoms with Crippen LogP contribution in [0.5, 0.6) is 11.5 Å². The quantitative estimate of drug-likeness (QED) is 0.907. The minimum atomic E-state index is -0.430. The van der Waals surface area contributed by atoms with Crippen LogP contribution in [-0.4, -0.2) is 20.1 Å². The summed E-state index contributed by atoms with van der Waals surface area (Å²) in [6.45, 7) is 0. The van der Waals surface area contributed by atoms with Crippen LogP contribution in [0.2, 0.25) is 0 Å². The van der Waals surface area contributed by atoms with Gasteiger partial charge in [-0.2, -0.15) is 0 Å². The number of anilines is 1. The summed E-state index contributed by atoms with van der Waals surface area (Å²) in [6.07, 6.45) is 0. The molecule has 0 unspecified atom stereocenters. The summed E-state index contributed by atoms with van der Waals surface area (Å²) in [5.74, 6) is 0.174. The molecule has 1 amide bonds. The second-order valence-electron chi connectivity index (χ2n) is 4.15. The van der Waals surface area contributed by atoms with Crippen molar-refractivity contribution in [3.8, 4) is 11.5 Å². The fourth-order valence-corrected chi connectivity index (χ4v) is 2.11. The highest BCUT2D eigenvalue weighted by Crippen LogP contribution is 2.29. The van der Waals surface area contributed by atoms with Gasteiger partial charge in [0.25, 0.3) is 5.91 Å². The zero-order valence-electron chi connectivity index (χ0n) is 11.4. The Morgan fingerprint density at radius 3 is 2.48 bits per heavy atom. The minimum absolute atomic E-state index is 0.356. The lowest BCUT2D eigenvalue weighted by Crippen LogP contribution is -2.12. The van der Waals surface area contributed by atoms with Crippen molar-refractivity contribution >= 4 is 27.5 Å². The fraction of sp³-hybridized carbons (Fsp3) is 0.133. The number of benzene rings is 2. The molecule has 0 saturated carbocycles. The van der Waals surface area contributed by atoms with Gasteiger partial charge in [-0.25, -0.2) is 4.39 Å². The van der Waals surface area contributed by atoms with Crippen LogP contribution in [-0.2, 0) is 0 Å². The number of rotatable bonds is 4. The van der Waals surface area contributed by atoms with Crippen molar-refractivity contribution in [2.45, 2.75) is 0 Å². The summed E-state index contributed by atoms with van der Waals surface area (Å²) in [4.78, 5) is 12.2. The van der Waals surface area contributed by atoms with Crippen molar-refractivity contribution in [1.29, 1.82) is 0 Å². The van der Waals surface area contributed by atoms with Crippen molar-refractivity contribution in [3.05, 3.63) is 52.3 Å². The molecule has 0 spiro atoms. The molecule has 2 rings (SSSR count). The second kappa shape index (κ2) is 6.58. The third-order valence-electron chi connectivity index (χ3n) is 2.82. The Kier molecular flexibility index (Phi) is 4.80. The molecule has 0 aromatic heterocycles. The van der Waals surface area contributed by atoms with Gasteiger partial charge in [0.15, 0.2) is 11.5 Å². The van der Waals surface area contributed by atoms with Gasteiger partial charge in [0.05, 0.1) is 19.9 Å². The fourth-order valence-electron chi connectivity index (χ4n) is 1.77. The van der Waals surface area contributed by atoms with Crippen LogP contribution >= 0.6 is 15.9 Å². The third-order valence-corrected chi connectivity index (χ3v) is 3.51. The molecule has 0 fully saturated rings. The van der Waals surface area contributed by atoms with Crippen LogP contribution in [0.3, 0.4) is 0 Å². The molecular formula is C15H13BrFNO3. The van der Waals surface area contributed by atoms with Gasteiger partial charge in [0, 0.05) is 10.0 Å². The topological polar surface area (TPSA) is 47.6 Å². The maximum Gasteiger partial charge on any atom is 0.255 e. The van der Waals surface area contributed by atoms with E-state index >= 15 is 0 Å². The van der Waals surface area contributed by atoms with Crippen LogP contribution in [0.1, 0.15) is 10.4 Å². The molecule has 4 nitrogen and oxygen atoms in total. The molecule has 0 aliphatic heterocycles. The lowest BCUT2D eigenvalue weighted by atomic mass is 10.2. The predicted octanol–water partition coefficient (Wildman–Crippen LogP) is 3.86. The Labute approximate surface area is 130 Å². The molecular weight excluding hydrogens is 341 g/mol. The first-order valence-corrected chi connectivity index (χ1v) is 6.83. The minimum Gasteiger partial charge on any atom is -0.493 e. The Morgan fingerprint density at radius 1 is 1.10 bits per heavy atom. The van der Waals surface area contributed by atoms with E-state index in [4.69, 9.17) is 9.47 Å². The van der Waals surface area contributed by atoms with Crippen LogP contribution < -0.4 is 14.8 Å². The molecule has 0 radical (unpaired) electrons. The number of amides is 1. The summed E-state index contributed by atoms with van der Waals surface area (Å²) < 4.78 is 24.1. The number of carbonyl (C=O) groups is 1. The molecule has 0 saturated heterocycles. The van der Waals surface area contributed by atoms with E-state index in [2.05, 4.69) is 21.2 Å². The second-order valence-corrected chi connectivity index (χ2v) is 5.00. The highest BCUT2D eigenvalue weighted by Gasteiger charge is 2.12. The Bertz CT molecular complexity index is 676. The highest BCUT2D eigenvalue weighted by atomic mass is 79.9. The zero-order valence-corrected chi connectivity index (χ0v) is 13.0. The zero-order chi connectivity index (χ0) is 15.4. The lowest BCUT2D eigenvalue weighted by Gasteiger charge is -2.11. The van der Waals surface area contributed by atoms with Crippen LogP contribution in [0.4, 0.5) is 10.1 Å². The molecule has 0 heterocycles. The molecule has 2 aromatic carbocycles. The van der Waals surface area contributed by atoms with Gasteiger partial charge in [-0.05, 0) is 52.3 Å². The van der Waals surface area contributed by atoms with Crippen molar-refractivity contribution < 1.29 is 18.7 Å². The summed E-state index contributed by atoms with van der Waals surface area (Å²) in [6, 6.07) is 8.86. The first-order chi connectivity index (χ1) is 10.0. The van der Waals surface area contributed by atoms with Gasteiger partial charge in [0.2, 0.25) is 0 Å². The Hall–Kier alpha value is -2.08. The number of ether oxygens (including phenoxy) is 2. The van der Waals surface area contributed by atoms with Gasteiger partial charge in [-0.3, -0.25) is 4.79 Å². The van der Waals surface area contributed by atoms with Gasteiger partial charge in [-0.15, -0.1) is 0 Å². The molecule has 21 heavy (non-hydrogen) atoms. The summed E-state index contributed by atoms with van der Waals surface area (Å²) in [7, 11) is 3.00. The first kappa shape index (κ1) is 15.3. The molecule has 2 aromatic rings. The number of carbonyl (C=O) groups excluding carboxylic acids is 1. The standard InChI is InChI=1S/C15H13BrFNO3/c1-20-13-6-3-9(7-14(13)21-2)15(19)18-12-8-10(17)4-5-11(12)16/h3-8H,1-2H3,(H,18,19). The van der Waals surface area contributed by atoms with Crippen LogP contribution in [0, 0.1) is 5.82 Å². The average Bonchev–Trinajstić information content (AvgIpc) is 2.50. The Morgan fingerprint density at radius 2 is 1.81 bits per heavy atom. The van der Waals surface area contributed by atoms with E-state index in [1.807, 2.05) is 0 Å². The number of hydrogen-bond donors (Lipinski definition) is 1. The molecule has 0 aliphatic carbocycles. The molecule has 6 heteroatoms. The third kappa shape index (κ3) is 3.52. The van der Waals surface area contributed by atoms with E-state index in [1.54, 1.807) is 18.2 Å². The molecule has 110 valence electrons. The van der Waals surface area contributed by atoms with Gasteiger partial charge in [0.1, 0.15) is 5.82 Å². The first-order valence-electron chi connectivity index (χ1n) is 6.03. The normalized spacial score (nSPS) is 10.1. The van der Waals surface area contributed by atoms with Crippen LogP contribution in [0.15, 0.2) is 40.9 Å². The van der Waals surface area contributed by atoms with E-state index < -0.39 is 5.82 Å². The van der Waals surface area contributed by atoms with Crippen LogP contribution in [0.25, 0.3) is 0 Å². The molecule has 1 N–H and O–H groups in total. The molecule has 0 atom stereocenters. The van der Waals surface area contributed by atoms with Gasteiger partial charge >= 0.3 is 0 Å². The maximum atomic E-state index is 13.2. The number of halogens is 2. The molecule has 0 aliphatic rings. The van der Waals surface area contributed by atoms with E-state index in [0.717, 1.165) is 0 Å². The van der Waals surface area contributed by atoms with E-state index in [-0.39, 0.29) is 5.91 Å². The van der Waals surface area contributed by atoms with Gasteiger partial charge < -0.3 is 14.8 Å². The number of nitrogens with one attached hydrogen (secondary N) is 1. The number of hydrogen-bond acceptors (Lipinski definition) is 3. The van der Waals surface area contributed by atoms with Crippen molar-refractivity contribution in [1.82, 2.24) is 0 Å². The van der Waals surface area contributed by atoms with E-state index in [1.165, 1.54) is 32.4 Å². The Balaban J connectivity index is 2.26. The van der Waals surface area contributed by atoms with E-state index in [9.17, 15) is 9.18 Å². The lowest BCUT2D eigenvalue weighted by molar-refractivity contribution is 0.102. The van der Waals surface area contributed by atoms with Crippen molar-refractivity contribution in [2.24, 2.45) is 0 Å². The summed E-state index contributed by atoms with van der Waals surface area (Å²) in [5, 5.41) is 2.63.